The number of methoxy groups -OCH3 is 1. The summed E-state index contributed by atoms with van der Waals surface area (Å²) in [5, 5.41) is 8.64. The third-order valence-electron chi connectivity index (χ3n) is 3.23. The van der Waals surface area contributed by atoms with Gasteiger partial charge in [0.1, 0.15) is 0 Å². The van der Waals surface area contributed by atoms with E-state index in [-0.39, 0.29) is 0 Å². The minimum atomic E-state index is 0.337. The van der Waals surface area contributed by atoms with Crippen LogP contribution in [0.1, 0.15) is 37.4 Å². The molecule has 0 radical (unpaired) electrons. The van der Waals surface area contributed by atoms with E-state index in [1.807, 2.05) is 4.68 Å². The second kappa shape index (κ2) is 6.38. The zero-order chi connectivity index (χ0) is 12.1. The predicted octanol–water partition coefficient (Wildman–Crippen LogP) is 2.39. The summed E-state index contributed by atoms with van der Waals surface area (Å²) in [5.74, 6) is 0. The highest BCUT2D eigenvalue weighted by Gasteiger charge is 2.21. The Morgan fingerprint density at radius 1 is 1.53 bits per heavy atom. The van der Waals surface area contributed by atoms with Crippen LogP contribution in [0.2, 0.25) is 5.02 Å². The minimum Gasteiger partial charge on any atom is -0.383 e. The molecule has 1 aromatic heterocycles. The van der Waals surface area contributed by atoms with Crippen LogP contribution in [0, 0.1) is 0 Å². The van der Waals surface area contributed by atoms with Crippen molar-refractivity contribution in [3.63, 3.8) is 0 Å². The standard InChI is InChI=1S/C12H20ClN3O/c1-17-8-7-16-12(10(13)9-15-16)11-5-3-2-4-6-14-11/h9,11,14H,2-8H2,1H3. The van der Waals surface area contributed by atoms with E-state index < -0.39 is 0 Å². The van der Waals surface area contributed by atoms with Gasteiger partial charge >= 0.3 is 0 Å². The van der Waals surface area contributed by atoms with Crippen molar-refractivity contribution in [1.29, 1.82) is 0 Å². The molecule has 4 nitrogen and oxygen atoms in total. The lowest BCUT2D eigenvalue weighted by atomic mass is 10.1. The molecular weight excluding hydrogens is 238 g/mol. The van der Waals surface area contributed by atoms with Gasteiger partial charge in [-0.3, -0.25) is 4.68 Å². The number of nitrogens with zero attached hydrogens (tertiary/aromatic N) is 2. The molecule has 1 N–H and O–H groups in total. The van der Waals surface area contributed by atoms with E-state index in [2.05, 4.69) is 10.4 Å². The summed E-state index contributed by atoms with van der Waals surface area (Å²) in [4.78, 5) is 0. The summed E-state index contributed by atoms with van der Waals surface area (Å²) in [6, 6.07) is 0.337. The van der Waals surface area contributed by atoms with E-state index in [9.17, 15) is 0 Å². The van der Waals surface area contributed by atoms with Gasteiger partial charge in [-0.2, -0.15) is 5.10 Å². The lowest BCUT2D eigenvalue weighted by molar-refractivity contribution is 0.181. The second-order valence-corrected chi connectivity index (χ2v) is 4.86. The summed E-state index contributed by atoms with van der Waals surface area (Å²) < 4.78 is 7.06. The van der Waals surface area contributed by atoms with Gasteiger partial charge in [-0.05, 0) is 19.4 Å². The molecule has 0 aromatic carbocycles. The molecule has 1 saturated heterocycles. The van der Waals surface area contributed by atoms with Crippen LogP contribution in [0.4, 0.5) is 0 Å². The zero-order valence-corrected chi connectivity index (χ0v) is 11.0. The third kappa shape index (κ3) is 3.21. The molecule has 96 valence electrons. The topological polar surface area (TPSA) is 39.1 Å². The zero-order valence-electron chi connectivity index (χ0n) is 10.3. The Morgan fingerprint density at radius 3 is 3.24 bits per heavy atom. The van der Waals surface area contributed by atoms with Gasteiger partial charge in [0.2, 0.25) is 0 Å². The monoisotopic (exact) mass is 257 g/mol. The van der Waals surface area contributed by atoms with E-state index in [1.165, 1.54) is 19.3 Å². The lowest BCUT2D eigenvalue weighted by Gasteiger charge is -2.18. The maximum absolute atomic E-state index is 6.25. The molecule has 2 heterocycles. The fourth-order valence-corrected chi connectivity index (χ4v) is 2.61. The number of hydrogen-bond donors (Lipinski definition) is 1. The summed E-state index contributed by atoms with van der Waals surface area (Å²) in [5.41, 5.74) is 1.12. The van der Waals surface area contributed by atoms with E-state index in [0.717, 1.165) is 30.2 Å². The Labute approximate surface area is 107 Å². The number of halogens is 1. The highest BCUT2D eigenvalue weighted by atomic mass is 35.5. The summed E-state index contributed by atoms with van der Waals surface area (Å²) in [7, 11) is 1.70. The average molecular weight is 258 g/mol. The maximum Gasteiger partial charge on any atom is 0.0834 e. The van der Waals surface area contributed by atoms with Crippen molar-refractivity contribution >= 4 is 11.6 Å². The number of rotatable bonds is 4. The Balaban J connectivity index is 2.13. The van der Waals surface area contributed by atoms with Crippen LogP contribution in [-0.4, -0.2) is 30.0 Å². The molecule has 1 aliphatic rings. The van der Waals surface area contributed by atoms with Crippen molar-refractivity contribution in [2.45, 2.75) is 38.3 Å². The van der Waals surface area contributed by atoms with E-state index in [1.54, 1.807) is 13.3 Å². The first-order chi connectivity index (χ1) is 8.33. The molecular formula is C12H20ClN3O. The maximum atomic E-state index is 6.25. The number of nitrogens with one attached hydrogen (secondary N) is 1. The Kier molecular flexibility index (Phi) is 4.83. The van der Waals surface area contributed by atoms with Crippen molar-refractivity contribution in [3.05, 3.63) is 16.9 Å². The minimum absolute atomic E-state index is 0.337. The quantitative estimate of drug-likeness (QED) is 0.900. The van der Waals surface area contributed by atoms with E-state index in [4.69, 9.17) is 16.3 Å². The molecule has 5 heteroatoms. The van der Waals surface area contributed by atoms with Gasteiger partial charge < -0.3 is 10.1 Å². The molecule has 1 aromatic rings. The van der Waals surface area contributed by atoms with Gasteiger partial charge in [-0.15, -0.1) is 0 Å². The molecule has 0 saturated carbocycles. The van der Waals surface area contributed by atoms with Gasteiger partial charge in [0.05, 0.1) is 36.1 Å². The fraction of sp³-hybridized carbons (Fsp3) is 0.750. The predicted molar refractivity (Wildman–Crippen MR) is 68.3 cm³/mol. The molecule has 1 aliphatic heterocycles. The smallest absolute Gasteiger partial charge is 0.0834 e. The van der Waals surface area contributed by atoms with Crippen LogP contribution >= 0.6 is 11.6 Å². The van der Waals surface area contributed by atoms with Crippen LogP contribution in [0.15, 0.2) is 6.20 Å². The van der Waals surface area contributed by atoms with Crippen molar-refractivity contribution in [2.24, 2.45) is 0 Å². The number of aromatic nitrogens is 2. The van der Waals surface area contributed by atoms with Gasteiger partial charge in [0.15, 0.2) is 0 Å². The van der Waals surface area contributed by atoms with Gasteiger partial charge in [0.25, 0.3) is 0 Å². The Hall–Kier alpha value is -0.580. The molecule has 0 bridgehead atoms. The number of ether oxygens (including phenoxy) is 1. The van der Waals surface area contributed by atoms with Crippen LogP contribution in [0.5, 0.6) is 0 Å². The van der Waals surface area contributed by atoms with E-state index >= 15 is 0 Å². The molecule has 0 aliphatic carbocycles. The molecule has 1 atom stereocenters. The first-order valence-electron chi connectivity index (χ1n) is 6.26. The number of hydrogen-bond acceptors (Lipinski definition) is 3. The van der Waals surface area contributed by atoms with Crippen LogP contribution < -0.4 is 5.32 Å². The molecule has 0 spiro atoms. The summed E-state index contributed by atoms with van der Waals surface area (Å²) in [6.07, 6.45) is 6.68. The Morgan fingerprint density at radius 2 is 2.41 bits per heavy atom. The van der Waals surface area contributed by atoms with Crippen molar-refractivity contribution in [3.8, 4) is 0 Å². The van der Waals surface area contributed by atoms with Gasteiger partial charge in [-0.1, -0.05) is 24.4 Å². The molecule has 17 heavy (non-hydrogen) atoms. The molecule has 1 unspecified atom stereocenters. The van der Waals surface area contributed by atoms with E-state index in [0.29, 0.717) is 12.6 Å². The average Bonchev–Trinajstić information content (AvgIpc) is 2.57. The van der Waals surface area contributed by atoms with Gasteiger partial charge in [0, 0.05) is 7.11 Å². The third-order valence-corrected chi connectivity index (χ3v) is 3.52. The SMILES string of the molecule is COCCn1ncc(Cl)c1C1CCCCCN1. The second-order valence-electron chi connectivity index (χ2n) is 4.45. The summed E-state index contributed by atoms with van der Waals surface area (Å²) >= 11 is 6.25. The van der Waals surface area contributed by atoms with Gasteiger partial charge in [-0.25, -0.2) is 0 Å². The summed E-state index contributed by atoms with van der Waals surface area (Å²) in [6.45, 7) is 2.49. The molecule has 2 rings (SSSR count). The first-order valence-corrected chi connectivity index (χ1v) is 6.64. The first kappa shape index (κ1) is 12.9. The van der Waals surface area contributed by atoms with Crippen molar-refractivity contribution < 1.29 is 4.74 Å². The molecule has 1 fully saturated rings. The van der Waals surface area contributed by atoms with Crippen molar-refractivity contribution in [2.75, 3.05) is 20.3 Å². The Bertz CT molecular complexity index is 346. The fourth-order valence-electron chi connectivity index (χ4n) is 2.34. The largest absolute Gasteiger partial charge is 0.383 e. The normalized spacial score (nSPS) is 21.4. The lowest BCUT2D eigenvalue weighted by Crippen LogP contribution is -2.24. The highest BCUT2D eigenvalue weighted by Crippen LogP contribution is 2.28. The van der Waals surface area contributed by atoms with Crippen LogP contribution in [0.3, 0.4) is 0 Å². The van der Waals surface area contributed by atoms with Crippen LogP contribution in [0.25, 0.3) is 0 Å². The van der Waals surface area contributed by atoms with Crippen LogP contribution in [-0.2, 0) is 11.3 Å². The highest BCUT2D eigenvalue weighted by molar-refractivity contribution is 6.31. The molecule has 0 amide bonds. The van der Waals surface area contributed by atoms with Crippen molar-refractivity contribution in [1.82, 2.24) is 15.1 Å².